The molecule has 2 aromatic carbocycles. The van der Waals surface area contributed by atoms with Crippen LogP contribution in [0.25, 0.3) is 11.1 Å². The molecule has 0 spiro atoms. The highest BCUT2D eigenvalue weighted by atomic mass is 19.3. The molecule has 1 aliphatic heterocycles. The van der Waals surface area contributed by atoms with E-state index in [9.17, 15) is 23.2 Å². The number of benzene rings is 2. The summed E-state index contributed by atoms with van der Waals surface area (Å²) >= 11 is 0. The third kappa shape index (κ3) is 5.59. The normalized spacial score (nSPS) is 19.6. The Morgan fingerprint density at radius 3 is 2.29 bits per heavy atom. The fourth-order valence-electron chi connectivity index (χ4n) is 4.66. The van der Waals surface area contributed by atoms with E-state index < -0.39 is 48.9 Å². The van der Waals surface area contributed by atoms with Gasteiger partial charge in [-0.05, 0) is 28.7 Å². The lowest BCUT2D eigenvalue weighted by molar-refractivity contribution is -0.149. The molecule has 186 valence electrons. The summed E-state index contributed by atoms with van der Waals surface area (Å²) < 4.78 is 36.7. The largest absolute Gasteiger partial charge is 0.479 e. The fraction of sp³-hybridized carbons (Fsp3) is 0.400. The minimum Gasteiger partial charge on any atom is -0.479 e. The van der Waals surface area contributed by atoms with Crippen LogP contribution in [0.1, 0.15) is 29.9 Å². The van der Waals surface area contributed by atoms with Crippen molar-refractivity contribution in [1.82, 2.24) is 10.6 Å². The van der Waals surface area contributed by atoms with Crippen LogP contribution in [0.5, 0.6) is 0 Å². The standard InChI is InChI=1S/C25H26F2N2O6/c26-21(27)11-20(23(30)28-12-14-9-10-34-22(14)24(31)32)29-25(33)35-13-19-17-7-3-1-5-15(17)16-6-2-4-8-18(16)19/h1-8,14,19-22H,9-13H2,(H,28,30)(H,29,33)(H,31,32)/t14-,20?,22-/m0/s1. The fourth-order valence-corrected chi connectivity index (χ4v) is 4.66. The second-order valence-electron chi connectivity index (χ2n) is 8.57. The van der Waals surface area contributed by atoms with Crippen LogP contribution in [0, 0.1) is 5.92 Å². The molecular weight excluding hydrogens is 462 g/mol. The molecule has 2 aliphatic rings. The first-order valence-electron chi connectivity index (χ1n) is 11.4. The van der Waals surface area contributed by atoms with Gasteiger partial charge in [-0.25, -0.2) is 18.4 Å². The number of hydrogen-bond acceptors (Lipinski definition) is 5. The molecule has 0 bridgehead atoms. The molecule has 0 saturated carbocycles. The molecule has 8 nitrogen and oxygen atoms in total. The van der Waals surface area contributed by atoms with Gasteiger partial charge in [-0.1, -0.05) is 48.5 Å². The van der Waals surface area contributed by atoms with Gasteiger partial charge >= 0.3 is 12.1 Å². The van der Waals surface area contributed by atoms with E-state index >= 15 is 0 Å². The highest BCUT2D eigenvalue weighted by Crippen LogP contribution is 2.44. The van der Waals surface area contributed by atoms with Crippen LogP contribution in [0.3, 0.4) is 0 Å². The highest BCUT2D eigenvalue weighted by Gasteiger charge is 2.35. The van der Waals surface area contributed by atoms with Gasteiger partial charge in [-0.3, -0.25) is 4.79 Å². The van der Waals surface area contributed by atoms with Gasteiger partial charge in [-0.15, -0.1) is 0 Å². The van der Waals surface area contributed by atoms with Crippen molar-refractivity contribution in [3.63, 3.8) is 0 Å². The number of carbonyl (C=O) groups is 3. The maximum atomic E-state index is 13.1. The zero-order valence-corrected chi connectivity index (χ0v) is 18.8. The highest BCUT2D eigenvalue weighted by molar-refractivity contribution is 5.86. The Hall–Kier alpha value is -3.53. The molecule has 3 N–H and O–H groups in total. The van der Waals surface area contributed by atoms with Gasteiger partial charge in [-0.2, -0.15) is 0 Å². The lowest BCUT2D eigenvalue weighted by Gasteiger charge is -2.21. The van der Waals surface area contributed by atoms with Gasteiger partial charge in [0.25, 0.3) is 0 Å². The minimum absolute atomic E-state index is 0.0252. The van der Waals surface area contributed by atoms with E-state index in [-0.39, 0.29) is 25.7 Å². The molecule has 1 heterocycles. The summed E-state index contributed by atoms with van der Waals surface area (Å²) in [5.74, 6) is -2.69. The minimum atomic E-state index is -2.85. The summed E-state index contributed by atoms with van der Waals surface area (Å²) in [6, 6.07) is 14.0. The van der Waals surface area contributed by atoms with Crippen molar-refractivity contribution in [3.8, 4) is 11.1 Å². The quantitative estimate of drug-likeness (QED) is 0.500. The lowest BCUT2D eigenvalue weighted by atomic mass is 9.98. The van der Waals surface area contributed by atoms with Gasteiger partial charge in [0.05, 0.1) is 0 Å². The first kappa shape index (κ1) is 24.6. The number of hydrogen-bond donors (Lipinski definition) is 3. The Kier molecular flexibility index (Phi) is 7.60. The molecule has 4 rings (SSSR count). The molecule has 2 aromatic rings. The first-order chi connectivity index (χ1) is 16.8. The van der Waals surface area contributed by atoms with Gasteiger partial charge in [0.15, 0.2) is 6.10 Å². The lowest BCUT2D eigenvalue weighted by Crippen LogP contribution is -2.49. The third-order valence-corrected chi connectivity index (χ3v) is 6.36. The van der Waals surface area contributed by atoms with Gasteiger partial charge in [0.2, 0.25) is 12.3 Å². The number of alkyl carbamates (subject to hydrolysis) is 1. The topological polar surface area (TPSA) is 114 Å². The van der Waals surface area contributed by atoms with Crippen molar-refractivity contribution in [2.24, 2.45) is 5.92 Å². The van der Waals surface area contributed by atoms with E-state index in [0.717, 1.165) is 22.3 Å². The summed E-state index contributed by atoms with van der Waals surface area (Å²) in [7, 11) is 0. The maximum absolute atomic E-state index is 13.1. The summed E-state index contributed by atoms with van der Waals surface area (Å²) in [6.45, 7) is 0.139. The molecule has 0 radical (unpaired) electrons. The summed E-state index contributed by atoms with van der Waals surface area (Å²) in [4.78, 5) is 36.2. The van der Waals surface area contributed by atoms with Crippen molar-refractivity contribution in [1.29, 1.82) is 0 Å². The number of nitrogens with one attached hydrogen (secondary N) is 2. The first-order valence-corrected chi connectivity index (χ1v) is 11.4. The Morgan fingerprint density at radius 1 is 1.06 bits per heavy atom. The number of carboxylic acids is 1. The van der Waals surface area contributed by atoms with Gasteiger partial charge in [0, 0.05) is 31.4 Å². The van der Waals surface area contributed by atoms with Crippen LogP contribution in [-0.4, -0.2) is 61.4 Å². The van der Waals surface area contributed by atoms with Crippen molar-refractivity contribution in [2.45, 2.75) is 37.3 Å². The maximum Gasteiger partial charge on any atom is 0.407 e. The summed E-state index contributed by atoms with van der Waals surface area (Å²) in [5.41, 5.74) is 4.08. The molecule has 1 aliphatic carbocycles. The Labute approximate surface area is 200 Å². The SMILES string of the molecule is O=C(NC(CC(F)F)C(=O)NC[C@@H]1CCO[C@@H]1C(=O)O)OCC1c2ccccc2-c2ccccc21. The predicted molar refractivity (Wildman–Crippen MR) is 121 cm³/mol. The Balaban J connectivity index is 1.36. The van der Waals surface area contributed by atoms with Gasteiger partial charge in [0.1, 0.15) is 12.6 Å². The molecule has 1 unspecified atom stereocenters. The zero-order valence-electron chi connectivity index (χ0n) is 18.8. The van der Waals surface area contributed by atoms with Crippen LogP contribution >= 0.6 is 0 Å². The number of amides is 2. The second kappa shape index (κ2) is 10.8. The van der Waals surface area contributed by atoms with Crippen molar-refractivity contribution < 1.29 is 37.7 Å². The monoisotopic (exact) mass is 488 g/mol. The smallest absolute Gasteiger partial charge is 0.407 e. The van der Waals surface area contributed by atoms with Crippen molar-refractivity contribution in [2.75, 3.05) is 19.8 Å². The van der Waals surface area contributed by atoms with Crippen LogP contribution in [0.4, 0.5) is 13.6 Å². The van der Waals surface area contributed by atoms with Crippen LogP contribution in [-0.2, 0) is 19.1 Å². The second-order valence-corrected chi connectivity index (χ2v) is 8.57. The van der Waals surface area contributed by atoms with Crippen molar-refractivity contribution in [3.05, 3.63) is 59.7 Å². The molecule has 3 atom stereocenters. The average molecular weight is 488 g/mol. The van der Waals surface area contributed by atoms with E-state index in [1.54, 1.807) is 0 Å². The van der Waals surface area contributed by atoms with E-state index in [2.05, 4.69) is 10.6 Å². The number of carbonyl (C=O) groups excluding carboxylic acids is 2. The zero-order chi connectivity index (χ0) is 24.9. The number of ether oxygens (including phenoxy) is 2. The molecule has 0 aromatic heterocycles. The third-order valence-electron chi connectivity index (χ3n) is 6.36. The van der Waals surface area contributed by atoms with Gasteiger partial charge < -0.3 is 25.2 Å². The van der Waals surface area contributed by atoms with Crippen molar-refractivity contribution >= 4 is 18.0 Å². The number of fused-ring (bicyclic) bond motifs is 3. The van der Waals surface area contributed by atoms with Crippen LogP contribution in [0.15, 0.2) is 48.5 Å². The van der Waals surface area contributed by atoms with Crippen LogP contribution < -0.4 is 10.6 Å². The molecule has 10 heteroatoms. The number of carboxylic acid groups (broad SMARTS) is 1. The number of halogens is 2. The molecule has 2 amide bonds. The number of alkyl halides is 2. The van der Waals surface area contributed by atoms with E-state index in [4.69, 9.17) is 14.6 Å². The number of aliphatic carboxylic acids is 1. The predicted octanol–water partition coefficient (Wildman–Crippen LogP) is 3.15. The van der Waals surface area contributed by atoms with E-state index in [1.807, 2.05) is 48.5 Å². The number of rotatable bonds is 9. The molecule has 35 heavy (non-hydrogen) atoms. The van der Waals surface area contributed by atoms with E-state index in [1.165, 1.54) is 0 Å². The summed E-state index contributed by atoms with van der Waals surface area (Å²) in [5, 5.41) is 13.8. The molecule has 1 fully saturated rings. The Bertz CT molecular complexity index is 1050. The Morgan fingerprint density at radius 2 is 1.69 bits per heavy atom. The van der Waals surface area contributed by atoms with E-state index in [0.29, 0.717) is 6.42 Å². The summed E-state index contributed by atoms with van der Waals surface area (Å²) in [6.07, 6.45) is -5.39. The van der Waals surface area contributed by atoms with Crippen LogP contribution in [0.2, 0.25) is 0 Å². The molecule has 1 saturated heterocycles. The average Bonchev–Trinajstić information content (AvgIpc) is 3.43. The molecular formula is C25H26F2N2O6.